The summed E-state index contributed by atoms with van der Waals surface area (Å²) in [6.45, 7) is 3.84. The molecule has 0 amide bonds. The molecule has 0 heterocycles. The van der Waals surface area contributed by atoms with Gasteiger partial charge in [-0.3, -0.25) is 0 Å². The van der Waals surface area contributed by atoms with Crippen molar-refractivity contribution < 1.29 is 0 Å². The van der Waals surface area contributed by atoms with Crippen LogP contribution in [0.4, 0.5) is 0 Å². The Labute approximate surface area is 236 Å². The number of benzene rings is 7. The normalized spacial score (nSPS) is 10.8. The van der Waals surface area contributed by atoms with Crippen LogP contribution in [0.5, 0.6) is 0 Å². The molecule has 7 aromatic carbocycles. The Balaban J connectivity index is 0.000000157. The summed E-state index contributed by atoms with van der Waals surface area (Å²) in [7, 11) is 0. The molecule has 0 heteroatoms. The van der Waals surface area contributed by atoms with Crippen molar-refractivity contribution in [1.82, 2.24) is 0 Å². The molecule has 0 aromatic heterocycles. The van der Waals surface area contributed by atoms with Gasteiger partial charge in [0.15, 0.2) is 0 Å². The summed E-state index contributed by atoms with van der Waals surface area (Å²) in [4.78, 5) is 0. The zero-order valence-corrected chi connectivity index (χ0v) is 22.6. The highest BCUT2D eigenvalue weighted by molar-refractivity contribution is 6.12. The predicted molar refractivity (Wildman–Crippen MR) is 175 cm³/mol. The van der Waals surface area contributed by atoms with Crippen LogP contribution >= 0.6 is 0 Å². The summed E-state index contributed by atoms with van der Waals surface area (Å²) in [6.07, 6.45) is 4.04. The Morgan fingerprint density at radius 1 is 0.425 bits per heavy atom. The quantitative estimate of drug-likeness (QED) is 0.159. The molecule has 7 aromatic rings. The van der Waals surface area contributed by atoms with Crippen LogP contribution < -0.4 is 0 Å². The van der Waals surface area contributed by atoms with Crippen molar-refractivity contribution in [1.29, 1.82) is 0 Å². The van der Waals surface area contributed by atoms with Gasteiger partial charge in [0.1, 0.15) is 0 Å². The van der Waals surface area contributed by atoms with Crippen molar-refractivity contribution in [2.75, 3.05) is 0 Å². The molecule has 0 unspecified atom stereocenters. The minimum Gasteiger partial charge on any atom is -0.103 e. The summed E-state index contributed by atoms with van der Waals surface area (Å²) in [6, 6.07) is 54.1. The largest absolute Gasteiger partial charge is 0.103 e. The molecule has 0 radical (unpaired) electrons. The molecular weight excluding hydrogens is 480 g/mol. The Morgan fingerprint density at radius 3 is 1.73 bits per heavy atom. The Bertz CT molecular complexity index is 1860. The van der Waals surface area contributed by atoms with Crippen molar-refractivity contribution in [2.45, 2.75) is 12.8 Å². The van der Waals surface area contributed by atoms with Crippen LogP contribution in [-0.2, 0) is 6.42 Å². The van der Waals surface area contributed by atoms with Gasteiger partial charge in [0.2, 0.25) is 0 Å². The SMILES string of the molecule is C=CCCc1cccc(-c2c3ccccc3cc3ccccc23)c1.c1ccc(-c2ccc3ccccc3c2)cc1. The lowest BCUT2D eigenvalue weighted by atomic mass is 9.91. The van der Waals surface area contributed by atoms with E-state index in [2.05, 4.69) is 152 Å². The maximum absolute atomic E-state index is 3.84. The molecule has 0 saturated heterocycles. The van der Waals surface area contributed by atoms with Gasteiger partial charge in [-0.1, -0.05) is 146 Å². The average molecular weight is 513 g/mol. The lowest BCUT2D eigenvalue weighted by molar-refractivity contribution is 1.00. The second kappa shape index (κ2) is 11.8. The van der Waals surface area contributed by atoms with E-state index in [9.17, 15) is 0 Å². The molecule has 0 aliphatic carbocycles. The Morgan fingerprint density at radius 2 is 1.02 bits per heavy atom. The fourth-order valence-corrected chi connectivity index (χ4v) is 5.48. The zero-order valence-electron chi connectivity index (χ0n) is 22.6. The van der Waals surface area contributed by atoms with E-state index in [-0.39, 0.29) is 0 Å². The summed E-state index contributed by atoms with van der Waals surface area (Å²) in [5, 5.41) is 7.81. The fourth-order valence-electron chi connectivity index (χ4n) is 5.48. The van der Waals surface area contributed by atoms with Crippen LogP contribution in [0.2, 0.25) is 0 Å². The topological polar surface area (TPSA) is 0 Å². The first-order chi connectivity index (χ1) is 19.8. The van der Waals surface area contributed by atoms with Crippen LogP contribution in [0.25, 0.3) is 54.6 Å². The molecule has 0 saturated carbocycles. The van der Waals surface area contributed by atoms with Crippen molar-refractivity contribution in [2.24, 2.45) is 0 Å². The lowest BCUT2D eigenvalue weighted by Crippen LogP contribution is -1.88. The Kier molecular flexibility index (Phi) is 7.51. The van der Waals surface area contributed by atoms with Crippen LogP contribution in [0.1, 0.15) is 12.0 Å². The molecule has 40 heavy (non-hydrogen) atoms. The van der Waals surface area contributed by atoms with E-state index in [4.69, 9.17) is 0 Å². The standard InChI is InChI=1S/C24H20.C16H12/c1-2-3-9-18-10-8-13-21(16-18)24-22-14-6-4-11-19(22)17-20-12-5-7-15-23(20)24;1-2-6-13(7-3-1)16-11-10-14-8-4-5-9-15(14)12-16/h2,4-8,10-17H,1,3,9H2;1-12H. The van der Waals surface area contributed by atoms with Gasteiger partial charge < -0.3 is 0 Å². The molecular formula is C40H32. The van der Waals surface area contributed by atoms with Crippen LogP contribution in [-0.4, -0.2) is 0 Å². The first kappa shape index (κ1) is 25.3. The van der Waals surface area contributed by atoms with E-state index < -0.39 is 0 Å². The molecule has 0 atom stereocenters. The van der Waals surface area contributed by atoms with Gasteiger partial charge in [-0.15, -0.1) is 6.58 Å². The summed E-state index contributed by atoms with van der Waals surface area (Å²) in [5.41, 5.74) is 6.55. The highest BCUT2D eigenvalue weighted by Crippen LogP contribution is 2.36. The first-order valence-corrected chi connectivity index (χ1v) is 13.9. The number of hydrogen-bond donors (Lipinski definition) is 0. The van der Waals surface area contributed by atoms with Gasteiger partial charge in [0.25, 0.3) is 0 Å². The third kappa shape index (κ3) is 5.44. The smallest absolute Gasteiger partial charge is 0.00267 e. The zero-order chi connectivity index (χ0) is 27.1. The highest BCUT2D eigenvalue weighted by Gasteiger charge is 2.10. The molecule has 0 bridgehead atoms. The molecule has 0 aliphatic rings. The van der Waals surface area contributed by atoms with Crippen LogP contribution in [0.3, 0.4) is 0 Å². The van der Waals surface area contributed by atoms with Crippen molar-refractivity contribution in [3.05, 3.63) is 170 Å². The third-order valence-corrected chi connectivity index (χ3v) is 7.48. The number of aryl methyl sites for hydroxylation is 1. The second-order valence-corrected chi connectivity index (χ2v) is 10.1. The number of allylic oxidation sites excluding steroid dienone is 1. The molecule has 0 fully saturated rings. The second-order valence-electron chi connectivity index (χ2n) is 10.1. The average Bonchev–Trinajstić information content (AvgIpc) is 3.03. The van der Waals surface area contributed by atoms with Gasteiger partial charge in [-0.2, -0.15) is 0 Å². The fraction of sp³-hybridized carbons (Fsp3) is 0.0500. The summed E-state index contributed by atoms with van der Waals surface area (Å²) < 4.78 is 0. The maximum Gasteiger partial charge on any atom is -0.00267 e. The molecule has 0 aliphatic heterocycles. The van der Waals surface area contributed by atoms with Crippen LogP contribution in [0.15, 0.2) is 164 Å². The van der Waals surface area contributed by atoms with E-state index in [0.717, 1.165) is 12.8 Å². The van der Waals surface area contributed by atoms with E-state index in [1.165, 1.54) is 60.1 Å². The third-order valence-electron chi connectivity index (χ3n) is 7.48. The molecule has 0 nitrogen and oxygen atoms in total. The van der Waals surface area contributed by atoms with E-state index in [1.807, 2.05) is 12.1 Å². The van der Waals surface area contributed by atoms with Crippen LogP contribution in [0, 0.1) is 0 Å². The molecule has 0 spiro atoms. The summed E-state index contributed by atoms with van der Waals surface area (Å²) in [5.74, 6) is 0. The van der Waals surface area contributed by atoms with E-state index in [0.29, 0.717) is 0 Å². The lowest BCUT2D eigenvalue weighted by Gasteiger charge is -2.13. The summed E-state index contributed by atoms with van der Waals surface area (Å²) >= 11 is 0. The highest BCUT2D eigenvalue weighted by atomic mass is 14.1. The van der Waals surface area contributed by atoms with Crippen molar-refractivity contribution >= 4 is 32.3 Å². The van der Waals surface area contributed by atoms with Crippen molar-refractivity contribution in [3.63, 3.8) is 0 Å². The Hall–Kier alpha value is -4.94. The van der Waals surface area contributed by atoms with Crippen molar-refractivity contribution in [3.8, 4) is 22.3 Å². The molecule has 0 N–H and O–H groups in total. The van der Waals surface area contributed by atoms with Gasteiger partial charge in [-0.25, -0.2) is 0 Å². The molecule has 192 valence electrons. The first-order valence-electron chi connectivity index (χ1n) is 13.9. The predicted octanol–water partition coefficient (Wildman–Crippen LogP) is 11.3. The van der Waals surface area contributed by atoms with E-state index >= 15 is 0 Å². The minimum atomic E-state index is 1.01. The monoisotopic (exact) mass is 512 g/mol. The minimum absolute atomic E-state index is 1.01. The van der Waals surface area contributed by atoms with Gasteiger partial charge >= 0.3 is 0 Å². The van der Waals surface area contributed by atoms with E-state index in [1.54, 1.807) is 0 Å². The number of rotatable bonds is 5. The van der Waals surface area contributed by atoms with Gasteiger partial charge in [-0.05, 0) is 85.1 Å². The van der Waals surface area contributed by atoms with Gasteiger partial charge in [0.05, 0.1) is 0 Å². The van der Waals surface area contributed by atoms with Gasteiger partial charge in [0, 0.05) is 0 Å². The number of fused-ring (bicyclic) bond motifs is 3. The maximum atomic E-state index is 3.84. The number of hydrogen-bond acceptors (Lipinski definition) is 0. The molecule has 7 rings (SSSR count).